The molecule has 0 spiro atoms. The Balaban J connectivity index is 1.52. The Hall–Kier alpha value is -5.20. The number of nitro groups is 2. The van der Waals surface area contributed by atoms with E-state index in [4.69, 9.17) is 4.42 Å². The molecule has 1 aromatic heterocycles. The summed E-state index contributed by atoms with van der Waals surface area (Å²) >= 11 is 0. The molecule has 0 aliphatic heterocycles. The molecule has 2 N–H and O–H groups in total. The van der Waals surface area contributed by atoms with Crippen LogP contribution >= 0.6 is 0 Å². The molecule has 33 heavy (non-hydrogen) atoms. The first-order chi connectivity index (χ1) is 15.8. The number of amides is 2. The summed E-state index contributed by atoms with van der Waals surface area (Å²) in [5, 5.41) is 28.7. The van der Waals surface area contributed by atoms with Gasteiger partial charge in [0.2, 0.25) is 0 Å². The number of nitrogens with zero attached hydrogens (tertiary/aromatic N) is 4. The predicted octanol–water partition coefficient (Wildman–Crippen LogP) is 2.62. The van der Waals surface area contributed by atoms with Gasteiger partial charge in [-0.25, -0.2) is 10.9 Å². The van der Waals surface area contributed by atoms with Crippen molar-refractivity contribution in [1.29, 1.82) is 0 Å². The second-order valence-corrected chi connectivity index (χ2v) is 6.26. The average molecular weight is 450 g/mol. The third kappa shape index (κ3) is 6.14. The van der Waals surface area contributed by atoms with E-state index in [2.05, 4.69) is 21.1 Å². The van der Waals surface area contributed by atoms with Crippen molar-refractivity contribution < 1.29 is 23.9 Å². The van der Waals surface area contributed by atoms with Crippen LogP contribution in [-0.2, 0) is 0 Å². The molecule has 0 radical (unpaired) electrons. The third-order valence-corrected chi connectivity index (χ3v) is 4.02. The molecule has 0 unspecified atom stereocenters. The Morgan fingerprint density at radius 1 is 0.697 bits per heavy atom. The SMILES string of the molecule is O=C(N/N=C/c1ccc([N+](=O)[O-])cc1)c1ccc(C(=O)N/N=C/c2ccc([N+](=O)[O-])cc2)o1. The first kappa shape index (κ1) is 22.5. The van der Waals surface area contributed by atoms with E-state index >= 15 is 0 Å². The summed E-state index contributed by atoms with van der Waals surface area (Å²) in [6, 6.07) is 13.6. The van der Waals surface area contributed by atoms with Crippen molar-refractivity contribution in [3.63, 3.8) is 0 Å². The van der Waals surface area contributed by atoms with Gasteiger partial charge in [0.15, 0.2) is 11.5 Å². The number of carbonyl (C=O) groups excluding carboxylic acids is 2. The number of rotatable bonds is 8. The summed E-state index contributed by atoms with van der Waals surface area (Å²) in [6.45, 7) is 0. The number of hydrazone groups is 2. The fourth-order valence-corrected chi connectivity index (χ4v) is 2.39. The first-order valence-corrected chi connectivity index (χ1v) is 9.09. The molecule has 0 aliphatic carbocycles. The van der Waals surface area contributed by atoms with Crippen LogP contribution in [0.3, 0.4) is 0 Å². The fourth-order valence-electron chi connectivity index (χ4n) is 2.39. The minimum absolute atomic E-state index is 0.0744. The van der Waals surface area contributed by atoms with Gasteiger partial charge in [-0.3, -0.25) is 29.8 Å². The van der Waals surface area contributed by atoms with Gasteiger partial charge in [-0.1, -0.05) is 0 Å². The maximum absolute atomic E-state index is 12.1. The standard InChI is InChI=1S/C20H14N6O7/c27-19(23-21-11-13-1-5-15(6-2-13)25(29)30)17-9-10-18(33-17)20(28)24-22-12-14-3-7-16(8-4-14)26(31)32/h1-12H,(H,23,27)(H,24,28)/b21-11+,22-12+. The van der Waals surface area contributed by atoms with Gasteiger partial charge < -0.3 is 4.42 Å². The Kier molecular flexibility index (Phi) is 6.96. The summed E-state index contributed by atoms with van der Waals surface area (Å²) in [4.78, 5) is 44.3. The Bertz CT molecular complexity index is 1150. The second-order valence-electron chi connectivity index (χ2n) is 6.26. The molecule has 13 nitrogen and oxygen atoms in total. The van der Waals surface area contributed by atoms with E-state index in [1.165, 1.54) is 73.1 Å². The second kappa shape index (κ2) is 10.2. The molecule has 0 bridgehead atoms. The van der Waals surface area contributed by atoms with Crippen molar-refractivity contribution >= 4 is 35.6 Å². The normalized spacial score (nSPS) is 10.9. The van der Waals surface area contributed by atoms with Gasteiger partial charge in [-0.2, -0.15) is 10.2 Å². The number of hydrogen-bond acceptors (Lipinski definition) is 9. The van der Waals surface area contributed by atoms with Crippen molar-refractivity contribution in [2.45, 2.75) is 0 Å². The molecule has 2 aromatic carbocycles. The molecule has 3 rings (SSSR count). The molecule has 13 heteroatoms. The van der Waals surface area contributed by atoms with Crippen molar-refractivity contribution in [1.82, 2.24) is 10.9 Å². The molecule has 166 valence electrons. The average Bonchev–Trinajstić information content (AvgIpc) is 3.30. The first-order valence-electron chi connectivity index (χ1n) is 9.09. The number of nitro benzene ring substituents is 2. The highest BCUT2D eigenvalue weighted by Crippen LogP contribution is 2.12. The van der Waals surface area contributed by atoms with Crippen molar-refractivity contribution in [2.75, 3.05) is 0 Å². The van der Waals surface area contributed by atoms with Crippen LogP contribution in [0.4, 0.5) is 11.4 Å². The quantitative estimate of drug-likeness (QED) is 0.300. The van der Waals surface area contributed by atoms with Crippen LogP contribution in [0.15, 0.2) is 75.3 Å². The molecule has 2 amide bonds. The lowest BCUT2D eigenvalue weighted by Gasteiger charge is -1.98. The van der Waals surface area contributed by atoms with Gasteiger partial charge in [-0.15, -0.1) is 0 Å². The van der Waals surface area contributed by atoms with E-state index in [0.717, 1.165) is 0 Å². The van der Waals surface area contributed by atoms with Crippen LogP contribution in [0.25, 0.3) is 0 Å². The molecule has 0 aliphatic rings. The van der Waals surface area contributed by atoms with Gasteiger partial charge in [-0.05, 0) is 47.5 Å². The van der Waals surface area contributed by atoms with Gasteiger partial charge >= 0.3 is 11.8 Å². The lowest BCUT2D eigenvalue weighted by atomic mass is 10.2. The predicted molar refractivity (Wildman–Crippen MR) is 115 cm³/mol. The van der Waals surface area contributed by atoms with Crippen molar-refractivity contribution in [3.8, 4) is 0 Å². The van der Waals surface area contributed by atoms with E-state index in [0.29, 0.717) is 11.1 Å². The summed E-state index contributed by atoms with van der Waals surface area (Å²) < 4.78 is 5.18. The van der Waals surface area contributed by atoms with E-state index in [1.54, 1.807) is 0 Å². The zero-order valence-corrected chi connectivity index (χ0v) is 16.6. The highest BCUT2D eigenvalue weighted by molar-refractivity contribution is 5.96. The third-order valence-electron chi connectivity index (χ3n) is 4.02. The van der Waals surface area contributed by atoms with Gasteiger partial charge in [0.05, 0.1) is 22.3 Å². The smallest absolute Gasteiger partial charge is 0.307 e. The maximum atomic E-state index is 12.1. The lowest BCUT2D eigenvalue weighted by molar-refractivity contribution is -0.385. The molecular formula is C20H14N6O7. The Morgan fingerprint density at radius 3 is 1.39 bits per heavy atom. The monoisotopic (exact) mass is 450 g/mol. The number of hydrogen-bond donors (Lipinski definition) is 2. The van der Waals surface area contributed by atoms with Crippen molar-refractivity contribution in [2.24, 2.45) is 10.2 Å². The number of furan rings is 1. The maximum Gasteiger partial charge on any atom is 0.307 e. The van der Waals surface area contributed by atoms with Crippen LogP contribution in [0, 0.1) is 20.2 Å². The number of non-ortho nitro benzene ring substituents is 2. The van der Waals surface area contributed by atoms with E-state index < -0.39 is 21.7 Å². The zero-order valence-electron chi connectivity index (χ0n) is 16.6. The highest BCUT2D eigenvalue weighted by Gasteiger charge is 2.15. The molecule has 1 heterocycles. The van der Waals surface area contributed by atoms with Gasteiger partial charge in [0.25, 0.3) is 11.4 Å². The van der Waals surface area contributed by atoms with Gasteiger partial charge in [0.1, 0.15) is 0 Å². The van der Waals surface area contributed by atoms with E-state index in [9.17, 15) is 29.8 Å². The van der Waals surface area contributed by atoms with Crippen LogP contribution in [0.2, 0.25) is 0 Å². The molecule has 0 saturated carbocycles. The summed E-state index contributed by atoms with van der Waals surface area (Å²) in [5.41, 5.74) is 5.31. The largest absolute Gasteiger partial charge is 0.446 e. The molecule has 3 aromatic rings. The highest BCUT2D eigenvalue weighted by atomic mass is 16.6. The van der Waals surface area contributed by atoms with Crippen molar-refractivity contribution in [3.05, 3.63) is 104 Å². The van der Waals surface area contributed by atoms with Crippen LogP contribution in [-0.4, -0.2) is 34.1 Å². The number of nitrogens with one attached hydrogen (secondary N) is 2. The fraction of sp³-hybridized carbons (Fsp3) is 0. The van der Waals surface area contributed by atoms with Crippen LogP contribution in [0.1, 0.15) is 32.2 Å². The lowest BCUT2D eigenvalue weighted by Crippen LogP contribution is -2.18. The summed E-state index contributed by atoms with van der Waals surface area (Å²) in [5.74, 6) is -1.80. The Morgan fingerprint density at radius 2 is 1.06 bits per heavy atom. The number of benzene rings is 2. The minimum atomic E-state index is -0.721. The van der Waals surface area contributed by atoms with E-state index in [1.807, 2.05) is 0 Å². The number of carbonyl (C=O) groups is 2. The van der Waals surface area contributed by atoms with E-state index in [-0.39, 0.29) is 22.9 Å². The Labute approximate surface area is 184 Å². The van der Waals surface area contributed by atoms with Crippen LogP contribution in [0.5, 0.6) is 0 Å². The summed E-state index contributed by atoms with van der Waals surface area (Å²) in [7, 11) is 0. The van der Waals surface area contributed by atoms with Crippen LogP contribution < -0.4 is 10.9 Å². The minimum Gasteiger partial charge on any atom is -0.446 e. The molecule has 0 atom stereocenters. The van der Waals surface area contributed by atoms with Gasteiger partial charge in [0, 0.05) is 24.3 Å². The molecule has 0 fully saturated rings. The molecular weight excluding hydrogens is 436 g/mol. The summed E-state index contributed by atoms with van der Waals surface area (Å²) in [6.07, 6.45) is 2.57. The zero-order chi connectivity index (χ0) is 23.8. The topological polar surface area (TPSA) is 182 Å². The molecule has 0 saturated heterocycles.